The maximum atomic E-state index is 5.68. The van der Waals surface area contributed by atoms with E-state index in [-0.39, 0.29) is 30.1 Å². The fourth-order valence-corrected chi connectivity index (χ4v) is 2.93. The summed E-state index contributed by atoms with van der Waals surface area (Å²) in [5.74, 6) is 1.69. The van der Waals surface area contributed by atoms with Crippen LogP contribution < -0.4 is 15.4 Å². The molecule has 160 valence electrons. The van der Waals surface area contributed by atoms with Crippen molar-refractivity contribution in [1.82, 2.24) is 20.4 Å². The van der Waals surface area contributed by atoms with Gasteiger partial charge in [0.15, 0.2) is 5.96 Å². The number of hydrogen-bond donors (Lipinski definition) is 2. The zero-order chi connectivity index (χ0) is 20.5. The van der Waals surface area contributed by atoms with Gasteiger partial charge >= 0.3 is 0 Å². The minimum absolute atomic E-state index is 0. The van der Waals surface area contributed by atoms with E-state index in [1.165, 1.54) is 11.1 Å². The Kier molecular flexibility index (Phi) is 9.66. The van der Waals surface area contributed by atoms with E-state index in [1.54, 1.807) is 13.2 Å². The lowest BCUT2D eigenvalue weighted by atomic mass is 10.1. The largest absolute Gasteiger partial charge is 0.491 e. The molecular formula is C23H30IN5O. The molecule has 2 aromatic carbocycles. The lowest BCUT2D eigenvalue weighted by Crippen LogP contribution is -2.37. The first-order chi connectivity index (χ1) is 14.1. The Hall–Kier alpha value is -2.55. The van der Waals surface area contributed by atoms with Gasteiger partial charge in [-0.3, -0.25) is 4.99 Å². The third kappa shape index (κ3) is 7.37. The van der Waals surface area contributed by atoms with Gasteiger partial charge in [-0.05, 0) is 61.7 Å². The monoisotopic (exact) mass is 519 g/mol. The van der Waals surface area contributed by atoms with Crippen LogP contribution in [0.2, 0.25) is 0 Å². The molecule has 1 heterocycles. The highest BCUT2D eigenvalue weighted by molar-refractivity contribution is 14.0. The average Bonchev–Trinajstić information content (AvgIpc) is 3.26. The van der Waals surface area contributed by atoms with Gasteiger partial charge in [0, 0.05) is 32.5 Å². The molecule has 0 aliphatic rings. The number of benzene rings is 2. The van der Waals surface area contributed by atoms with Gasteiger partial charge in [0.05, 0.1) is 11.8 Å². The molecule has 0 radical (unpaired) electrons. The van der Waals surface area contributed by atoms with Crippen LogP contribution in [-0.2, 0) is 13.0 Å². The molecule has 0 amide bonds. The Bertz CT molecular complexity index is 890. The summed E-state index contributed by atoms with van der Waals surface area (Å²) in [5, 5.41) is 11.0. The maximum Gasteiger partial charge on any atom is 0.191 e. The molecule has 30 heavy (non-hydrogen) atoms. The number of aromatic nitrogens is 2. The SMILES string of the molecule is CN=C(NCCc1ccc(-n2cccn2)cc1)NCc1ccc(OC(C)C)cc1.I. The Morgan fingerprint density at radius 3 is 2.33 bits per heavy atom. The highest BCUT2D eigenvalue weighted by atomic mass is 127. The van der Waals surface area contributed by atoms with Crippen LogP contribution in [0, 0.1) is 0 Å². The number of aliphatic imine (C=N–C) groups is 1. The Balaban J connectivity index is 0.00000320. The van der Waals surface area contributed by atoms with Gasteiger partial charge in [-0.25, -0.2) is 4.68 Å². The summed E-state index contributed by atoms with van der Waals surface area (Å²) in [5.41, 5.74) is 3.51. The van der Waals surface area contributed by atoms with Crippen LogP contribution in [0.3, 0.4) is 0 Å². The van der Waals surface area contributed by atoms with Crippen molar-refractivity contribution >= 4 is 29.9 Å². The van der Waals surface area contributed by atoms with E-state index >= 15 is 0 Å². The van der Waals surface area contributed by atoms with Crippen LogP contribution in [0.4, 0.5) is 0 Å². The van der Waals surface area contributed by atoms with Crippen molar-refractivity contribution in [2.24, 2.45) is 4.99 Å². The summed E-state index contributed by atoms with van der Waals surface area (Å²) in [6.45, 7) is 5.57. The molecule has 0 aliphatic heterocycles. The Labute approximate surface area is 195 Å². The summed E-state index contributed by atoms with van der Waals surface area (Å²) in [4.78, 5) is 4.30. The highest BCUT2D eigenvalue weighted by Crippen LogP contribution is 2.13. The van der Waals surface area contributed by atoms with Crippen molar-refractivity contribution in [2.75, 3.05) is 13.6 Å². The van der Waals surface area contributed by atoms with Crippen LogP contribution in [-0.4, -0.2) is 35.4 Å². The molecule has 0 aliphatic carbocycles. The number of rotatable bonds is 8. The highest BCUT2D eigenvalue weighted by Gasteiger charge is 2.02. The lowest BCUT2D eigenvalue weighted by molar-refractivity contribution is 0.242. The standard InChI is InChI=1S/C23H29N5O.HI/c1-18(2)29-22-11-7-20(8-12-22)17-26-23(24-3)25-15-13-19-5-9-21(10-6-19)28-16-4-14-27-28;/h4-12,14,16,18H,13,15,17H2,1-3H3,(H2,24,25,26);1H. The maximum absolute atomic E-state index is 5.68. The van der Waals surface area contributed by atoms with E-state index in [0.29, 0.717) is 6.54 Å². The molecule has 0 unspecified atom stereocenters. The quantitative estimate of drug-likeness (QED) is 0.266. The fraction of sp³-hybridized carbons (Fsp3) is 0.304. The topological polar surface area (TPSA) is 63.5 Å². The van der Waals surface area contributed by atoms with Crippen LogP contribution in [0.5, 0.6) is 5.75 Å². The molecular weight excluding hydrogens is 489 g/mol. The van der Waals surface area contributed by atoms with Crippen LogP contribution in [0.1, 0.15) is 25.0 Å². The van der Waals surface area contributed by atoms with Gasteiger partial charge < -0.3 is 15.4 Å². The first kappa shape index (κ1) is 23.7. The lowest BCUT2D eigenvalue weighted by Gasteiger charge is -2.13. The van der Waals surface area contributed by atoms with Crippen molar-refractivity contribution in [3.8, 4) is 11.4 Å². The number of halogens is 1. The minimum atomic E-state index is 0. The molecule has 0 saturated carbocycles. The van der Waals surface area contributed by atoms with Crippen molar-refractivity contribution in [3.63, 3.8) is 0 Å². The van der Waals surface area contributed by atoms with E-state index in [0.717, 1.165) is 30.4 Å². The molecule has 0 saturated heterocycles. The molecule has 3 rings (SSSR count). The van der Waals surface area contributed by atoms with Crippen LogP contribution >= 0.6 is 24.0 Å². The molecule has 6 nitrogen and oxygen atoms in total. The van der Waals surface area contributed by atoms with Crippen molar-refractivity contribution in [1.29, 1.82) is 0 Å². The number of guanidine groups is 1. The Morgan fingerprint density at radius 1 is 1.03 bits per heavy atom. The third-order valence-corrected chi connectivity index (χ3v) is 4.39. The predicted molar refractivity (Wildman–Crippen MR) is 133 cm³/mol. The summed E-state index contributed by atoms with van der Waals surface area (Å²) in [6, 6.07) is 18.5. The van der Waals surface area contributed by atoms with Crippen molar-refractivity contribution < 1.29 is 4.74 Å². The molecule has 1 aromatic heterocycles. The number of nitrogens with zero attached hydrogens (tertiary/aromatic N) is 3. The summed E-state index contributed by atoms with van der Waals surface area (Å²) in [6.07, 6.45) is 4.83. The summed E-state index contributed by atoms with van der Waals surface area (Å²) >= 11 is 0. The van der Waals surface area contributed by atoms with E-state index in [2.05, 4.69) is 57.1 Å². The van der Waals surface area contributed by atoms with Gasteiger partial charge in [-0.1, -0.05) is 24.3 Å². The van der Waals surface area contributed by atoms with E-state index in [9.17, 15) is 0 Å². The third-order valence-electron chi connectivity index (χ3n) is 4.39. The Morgan fingerprint density at radius 2 is 1.73 bits per heavy atom. The first-order valence-electron chi connectivity index (χ1n) is 9.93. The molecule has 3 aromatic rings. The van der Waals surface area contributed by atoms with Gasteiger partial charge in [-0.15, -0.1) is 24.0 Å². The summed E-state index contributed by atoms with van der Waals surface area (Å²) < 4.78 is 7.53. The molecule has 2 N–H and O–H groups in total. The zero-order valence-electron chi connectivity index (χ0n) is 17.7. The average molecular weight is 519 g/mol. The van der Waals surface area contributed by atoms with Crippen LogP contribution in [0.15, 0.2) is 72.0 Å². The van der Waals surface area contributed by atoms with E-state index in [4.69, 9.17) is 4.74 Å². The second kappa shape index (κ2) is 12.2. The van der Waals surface area contributed by atoms with Gasteiger partial charge in [0.25, 0.3) is 0 Å². The molecule has 0 spiro atoms. The molecule has 0 atom stereocenters. The fourth-order valence-electron chi connectivity index (χ4n) is 2.93. The van der Waals surface area contributed by atoms with E-state index in [1.807, 2.05) is 42.9 Å². The van der Waals surface area contributed by atoms with E-state index < -0.39 is 0 Å². The summed E-state index contributed by atoms with van der Waals surface area (Å²) in [7, 11) is 1.79. The van der Waals surface area contributed by atoms with Crippen molar-refractivity contribution in [3.05, 3.63) is 78.1 Å². The number of nitrogens with one attached hydrogen (secondary N) is 2. The van der Waals surface area contributed by atoms with Crippen LogP contribution in [0.25, 0.3) is 5.69 Å². The van der Waals surface area contributed by atoms with Gasteiger partial charge in [0.1, 0.15) is 5.75 Å². The molecule has 7 heteroatoms. The first-order valence-corrected chi connectivity index (χ1v) is 9.93. The normalized spacial score (nSPS) is 11.1. The molecule has 0 fully saturated rings. The van der Waals surface area contributed by atoms with Gasteiger partial charge in [0.2, 0.25) is 0 Å². The second-order valence-electron chi connectivity index (χ2n) is 7.03. The predicted octanol–water partition coefficient (Wildman–Crippen LogP) is 4.19. The van der Waals surface area contributed by atoms with Gasteiger partial charge in [-0.2, -0.15) is 5.10 Å². The minimum Gasteiger partial charge on any atom is -0.491 e. The van der Waals surface area contributed by atoms with Crippen molar-refractivity contribution in [2.45, 2.75) is 32.9 Å². The zero-order valence-corrected chi connectivity index (χ0v) is 20.0. The number of ether oxygens (including phenoxy) is 1. The smallest absolute Gasteiger partial charge is 0.191 e. The molecule has 0 bridgehead atoms. The number of hydrogen-bond acceptors (Lipinski definition) is 3. The second-order valence-corrected chi connectivity index (χ2v) is 7.03.